The maximum atomic E-state index is 13.7. The van der Waals surface area contributed by atoms with Crippen molar-refractivity contribution < 1.29 is 23.5 Å². The number of benzene rings is 1. The summed E-state index contributed by atoms with van der Waals surface area (Å²) >= 11 is 0. The van der Waals surface area contributed by atoms with Crippen molar-refractivity contribution in [2.45, 2.75) is 13.0 Å². The average Bonchev–Trinajstić information content (AvgIpc) is 2.42. The number of piperazine rings is 1. The number of carboxylic acid groups (broad SMARTS) is 1. The molecule has 0 aromatic heterocycles. The van der Waals surface area contributed by atoms with E-state index in [1.165, 1.54) is 6.92 Å². The lowest BCUT2D eigenvalue weighted by molar-refractivity contribution is -0.142. The number of aliphatic carboxylic acids is 1. The van der Waals surface area contributed by atoms with Crippen LogP contribution in [0.15, 0.2) is 12.1 Å². The van der Waals surface area contributed by atoms with E-state index in [4.69, 9.17) is 5.11 Å². The smallest absolute Gasteiger partial charge is 0.327 e. The van der Waals surface area contributed by atoms with E-state index in [1.54, 1.807) is 0 Å². The Morgan fingerprint density at radius 2 is 2.05 bits per heavy atom. The second-order valence-electron chi connectivity index (χ2n) is 4.64. The van der Waals surface area contributed by atoms with Crippen LogP contribution in [0.4, 0.5) is 8.78 Å². The molecule has 2 rings (SSSR count). The number of carbonyl (C=O) groups excluding carboxylic acids is 1. The number of nitrogens with one attached hydrogen (secondary N) is 1. The van der Waals surface area contributed by atoms with Crippen molar-refractivity contribution in [2.24, 2.45) is 0 Å². The zero-order chi connectivity index (χ0) is 14.9. The maximum absolute atomic E-state index is 13.7. The van der Waals surface area contributed by atoms with Crippen LogP contribution in [0.1, 0.15) is 15.9 Å². The number of aryl methyl sites for hydroxylation is 1. The normalized spacial score (nSPS) is 18.9. The SMILES string of the molecule is Cc1cc(C(=O)N2CCNCC2C(=O)O)c(F)cc1F. The quantitative estimate of drug-likeness (QED) is 0.841. The van der Waals surface area contributed by atoms with Crippen LogP contribution in [0.3, 0.4) is 0 Å². The maximum Gasteiger partial charge on any atom is 0.327 e. The summed E-state index contributed by atoms with van der Waals surface area (Å²) in [4.78, 5) is 24.5. The Labute approximate surface area is 114 Å². The predicted molar refractivity (Wildman–Crippen MR) is 66.4 cm³/mol. The van der Waals surface area contributed by atoms with Gasteiger partial charge in [-0.15, -0.1) is 0 Å². The van der Waals surface area contributed by atoms with Crippen LogP contribution in [0.2, 0.25) is 0 Å². The van der Waals surface area contributed by atoms with Gasteiger partial charge in [-0.1, -0.05) is 0 Å². The van der Waals surface area contributed by atoms with E-state index in [0.29, 0.717) is 12.6 Å². The Balaban J connectivity index is 2.34. The summed E-state index contributed by atoms with van der Waals surface area (Å²) in [7, 11) is 0. The van der Waals surface area contributed by atoms with E-state index in [1.807, 2.05) is 0 Å². The van der Waals surface area contributed by atoms with Gasteiger partial charge >= 0.3 is 5.97 Å². The van der Waals surface area contributed by atoms with Gasteiger partial charge in [0.15, 0.2) is 0 Å². The van der Waals surface area contributed by atoms with Gasteiger partial charge in [0.05, 0.1) is 5.56 Å². The topological polar surface area (TPSA) is 69.6 Å². The van der Waals surface area contributed by atoms with Gasteiger partial charge in [-0.2, -0.15) is 0 Å². The van der Waals surface area contributed by atoms with Crippen LogP contribution in [0.25, 0.3) is 0 Å². The molecule has 1 unspecified atom stereocenters. The Bertz CT molecular complexity index is 563. The highest BCUT2D eigenvalue weighted by Gasteiger charge is 2.33. The van der Waals surface area contributed by atoms with Gasteiger partial charge in [0.25, 0.3) is 5.91 Å². The number of carboxylic acids is 1. The molecule has 1 aliphatic rings. The molecule has 108 valence electrons. The van der Waals surface area contributed by atoms with Crippen molar-refractivity contribution in [3.8, 4) is 0 Å². The Morgan fingerprint density at radius 1 is 1.35 bits per heavy atom. The first kappa shape index (κ1) is 14.4. The molecule has 0 saturated carbocycles. The van der Waals surface area contributed by atoms with Crippen molar-refractivity contribution in [1.82, 2.24) is 10.2 Å². The van der Waals surface area contributed by atoms with Gasteiger partial charge in [0.1, 0.15) is 17.7 Å². The summed E-state index contributed by atoms with van der Waals surface area (Å²) in [5, 5.41) is 11.9. The number of hydrogen-bond acceptors (Lipinski definition) is 3. The zero-order valence-corrected chi connectivity index (χ0v) is 10.8. The molecule has 0 radical (unpaired) electrons. The first-order chi connectivity index (χ1) is 9.41. The third-order valence-corrected chi connectivity index (χ3v) is 3.27. The minimum Gasteiger partial charge on any atom is -0.480 e. The van der Waals surface area contributed by atoms with Crippen LogP contribution < -0.4 is 5.32 Å². The largest absolute Gasteiger partial charge is 0.480 e. The molecule has 20 heavy (non-hydrogen) atoms. The van der Waals surface area contributed by atoms with E-state index in [2.05, 4.69) is 5.32 Å². The molecule has 0 spiro atoms. The van der Waals surface area contributed by atoms with Crippen LogP contribution in [0.5, 0.6) is 0 Å². The summed E-state index contributed by atoms with van der Waals surface area (Å²) in [5.41, 5.74) is -0.172. The molecule has 1 heterocycles. The third kappa shape index (κ3) is 2.62. The molecular weight excluding hydrogens is 270 g/mol. The van der Waals surface area contributed by atoms with Gasteiger partial charge in [0.2, 0.25) is 0 Å². The molecule has 5 nitrogen and oxygen atoms in total. The summed E-state index contributed by atoms with van der Waals surface area (Å²) in [6.07, 6.45) is 0. The second-order valence-corrected chi connectivity index (χ2v) is 4.64. The molecule has 0 aliphatic carbocycles. The number of hydrogen-bond donors (Lipinski definition) is 2. The van der Waals surface area contributed by atoms with E-state index in [0.717, 1.165) is 11.0 Å². The predicted octanol–water partition coefficient (Wildman–Crippen LogP) is 0.772. The number of amides is 1. The zero-order valence-electron chi connectivity index (χ0n) is 10.8. The first-order valence-electron chi connectivity index (χ1n) is 6.12. The van der Waals surface area contributed by atoms with E-state index in [-0.39, 0.29) is 24.2 Å². The monoisotopic (exact) mass is 284 g/mol. The number of halogens is 2. The van der Waals surface area contributed by atoms with Gasteiger partial charge in [-0.05, 0) is 18.6 Å². The van der Waals surface area contributed by atoms with E-state index < -0.39 is 29.6 Å². The highest BCUT2D eigenvalue weighted by atomic mass is 19.1. The lowest BCUT2D eigenvalue weighted by atomic mass is 10.1. The molecule has 1 atom stereocenters. The molecule has 1 aliphatic heterocycles. The number of carbonyl (C=O) groups is 2. The van der Waals surface area contributed by atoms with Crippen LogP contribution in [-0.4, -0.2) is 47.6 Å². The van der Waals surface area contributed by atoms with Crippen LogP contribution in [0, 0.1) is 18.6 Å². The fraction of sp³-hybridized carbons (Fsp3) is 0.385. The van der Waals surface area contributed by atoms with E-state index in [9.17, 15) is 18.4 Å². The Kier molecular flexibility index (Phi) is 3.99. The minimum atomic E-state index is -1.16. The average molecular weight is 284 g/mol. The summed E-state index contributed by atoms with van der Waals surface area (Å²) < 4.78 is 26.9. The third-order valence-electron chi connectivity index (χ3n) is 3.27. The highest BCUT2D eigenvalue weighted by molar-refractivity contribution is 5.97. The van der Waals surface area contributed by atoms with Gasteiger partial charge < -0.3 is 15.3 Å². The number of rotatable bonds is 2. The summed E-state index contributed by atoms with van der Waals surface area (Å²) in [6, 6.07) is 0.690. The molecule has 1 aromatic carbocycles. The Hall–Kier alpha value is -2.02. The van der Waals surface area contributed by atoms with Crippen molar-refractivity contribution >= 4 is 11.9 Å². The molecule has 1 amide bonds. The van der Waals surface area contributed by atoms with Gasteiger partial charge in [0, 0.05) is 25.7 Å². The fourth-order valence-electron chi connectivity index (χ4n) is 2.14. The molecule has 0 bridgehead atoms. The highest BCUT2D eigenvalue weighted by Crippen LogP contribution is 2.18. The molecule has 2 N–H and O–H groups in total. The molecular formula is C13H14F2N2O3. The lowest BCUT2D eigenvalue weighted by Gasteiger charge is -2.33. The molecule has 7 heteroatoms. The number of nitrogens with zero attached hydrogens (tertiary/aromatic N) is 1. The Morgan fingerprint density at radius 3 is 2.70 bits per heavy atom. The lowest BCUT2D eigenvalue weighted by Crippen LogP contribution is -2.57. The molecule has 1 saturated heterocycles. The fourth-order valence-corrected chi connectivity index (χ4v) is 2.14. The molecule has 1 fully saturated rings. The van der Waals surface area contributed by atoms with E-state index >= 15 is 0 Å². The summed E-state index contributed by atoms with van der Waals surface area (Å²) in [6.45, 7) is 2.10. The van der Waals surface area contributed by atoms with Crippen molar-refractivity contribution in [3.05, 3.63) is 34.9 Å². The minimum absolute atomic E-state index is 0.100. The van der Waals surface area contributed by atoms with Crippen LogP contribution >= 0.6 is 0 Å². The van der Waals surface area contributed by atoms with Crippen molar-refractivity contribution in [1.29, 1.82) is 0 Å². The van der Waals surface area contributed by atoms with Crippen LogP contribution in [-0.2, 0) is 4.79 Å². The second kappa shape index (κ2) is 5.54. The van der Waals surface area contributed by atoms with Crippen molar-refractivity contribution in [2.75, 3.05) is 19.6 Å². The standard InChI is InChI=1S/C13H14F2N2O3/c1-7-4-8(10(15)5-9(7)14)12(18)17-3-2-16-6-11(17)13(19)20/h4-5,11,16H,2-3,6H2,1H3,(H,19,20). The molecule has 1 aromatic rings. The first-order valence-corrected chi connectivity index (χ1v) is 6.12. The van der Waals surface area contributed by atoms with Crippen molar-refractivity contribution in [3.63, 3.8) is 0 Å². The summed E-state index contributed by atoms with van der Waals surface area (Å²) in [5.74, 6) is -3.63. The van der Waals surface area contributed by atoms with Gasteiger partial charge in [-0.3, -0.25) is 4.79 Å². The van der Waals surface area contributed by atoms with Gasteiger partial charge in [-0.25, -0.2) is 13.6 Å².